The van der Waals surface area contributed by atoms with E-state index in [0.717, 1.165) is 36.3 Å². The minimum absolute atomic E-state index is 0. The highest BCUT2D eigenvalue weighted by Gasteiger charge is 2.26. The van der Waals surface area contributed by atoms with Crippen LogP contribution in [0.3, 0.4) is 0 Å². The van der Waals surface area contributed by atoms with Gasteiger partial charge in [-0.25, -0.2) is 0 Å². The Balaban J connectivity index is 0.00000200. The number of rotatable bonds is 4. The molecule has 3 nitrogen and oxygen atoms in total. The standard InChI is InChI=1S/C16H25NO2.ClH/c1-10-7-15(18-3)14-9-12(8-11(2)17)5-6-13(14)16(10)19-4;/h7,11-12H,5-6,8-9,17H2,1-4H3;1H. The van der Waals surface area contributed by atoms with E-state index in [-0.39, 0.29) is 18.4 Å². The zero-order valence-electron chi connectivity index (χ0n) is 12.9. The lowest BCUT2D eigenvalue weighted by molar-refractivity contribution is 0.355. The lowest BCUT2D eigenvalue weighted by Gasteiger charge is -2.29. The van der Waals surface area contributed by atoms with Crippen LogP contribution in [0, 0.1) is 12.8 Å². The summed E-state index contributed by atoms with van der Waals surface area (Å²) in [5.74, 6) is 2.70. The molecule has 1 aromatic carbocycles. The summed E-state index contributed by atoms with van der Waals surface area (Å²) in [6.07, 6.45) is 4.39. The third-order valence-corrected chi connectivity index (χ3v) is 4.07. The van der Waals surface area contributed by atoms with Crippen LogP contribution in [0.1, 0.15) is 36.5 Å². The molecule has 0 fully saturated rings. The van der Waals surface area contributed by atoms with Gasteiger partial charge in [-0.3, -0.25) is 0 Å². The fraction of sp³-hybridized carbons (Fsp3) is 0.625. The van der Waals surface area contributed by atoms with E-state index in [9.17, 15) is 0 Å². The van der Waals surface area contributed by atoms with Crippen molar-refractivity contribution in [3.8, 4) is 11.5 Å². The third-order valence-electron chi connectivity index (χ3n) is 4.07. The predicted octanol–water partition coefficient (Wildman–Crippen LogP) is 3.28. The second-order valence-corrected chi connectivity index (χ2v) is 5.71. The number of hydrogen-bond acceptors (Lipinski definition) is 3. The van der Waals surface area contributed by atoms with Crippen LogP contribution in [-0.4, -0.2) is 20.3 Å². The predicted molar refractivity (Wildman–Crippen MR) is 85.3 cm³/mol. The number of hydrogen-bond donors (Lipinski definition) is 1. The Hall–Kier alpha value is -0.930. The third kappa shape index (κ3) is 3.39. The molecule has 2 N–H and O–H groups in total. The number of benzene rings is 1. The van der Waals surface area contributed by atoms with Crippen LogP contribution in [-0.2, 0) is 12.8 Å². The Labute approximate surface area is 128 Å². The summed E-state index contributed by atoms with van der Waals surface area (Å²) >= 11 is 0. The highest BCUT2D eigenvalue weighted by Crippen LogP contribution is 2.41. The van der Waals surface area contributed by atoms with Crippen molar-refractivity contribution in [1.82, 2.24) is 0 Å². The van der Waals surface area contributed by atoms with E-state index >= 15 is 0 Å². The van der Waals surface area contributed by atoms with Gasteiger partial charge in [0.05, 0.1) is 14.2 Å². The quantitative estimate of drug-likeness (QED) is 0.928. The number of aryl methyl sites for hydroxylation is 1. The van der Waals surface area contributed by atoms with Crippen molar-refractivity contribution in [2.75, 3.05) is 14.2 Å². The van der Waals surface area contributed by atoms with Crippen LogP contribution in [0.2, 0.25) is 0 Å². The molecule has 0 bridgehead atoms. The molecule has 20 heavy (non-hydrogen) atoms. The Morgan fingerprint density at radius 1 is 1.30 bits per heavy atom. The van der Waals surface area contributed by atoms with Crippen molar-refractivity contribution in [3.05, 3.63) is 22.8 Å². The average Bonchev–Trinajstić information content (AvgIpc) is 2.37. The highest BCUT2D eigenvalue weighted by molar-refractivity contribution is 5.85. The molecule has 0 radical (unpaired) electrons. The second kappa shape index (κ2) is 7.19. The molecule has 0 aromatic heterocycles. The van der Waals surface area contributed by atoms with Crippen molar-refractivity contribution in [3.63, 3.8) is 0 Å². The summed E-state index contributed by atoms with van der Waals surface area (Å²) in [7, 11) is 3.50. The Morgan fingerprint density at radius 3 is 2.55 bits per heavy atom. The van der Waals surface area contributed by atoms with Crippen molar-refractivity contribution in [2.24, 2.45) is 11.7 Å². The van der Waals surface area contributed by atoms with Gasteiger partial charge in [0.1, 0.15) is 11.5 Å². The van der Waals surface area contributed by atoms with Crippen LogP contribution in [0.5, 0.6) is 11.5 Å². The molecule has 0 saturated heterocycles. The molecule has 2 unspecified atom stereocenters. The first-order chi connectivity index (χ1) is 9.06. The molecule has 4 heteroatoms. The molecule has 0 saturated carbocycles. The fourth-order valence-corrected chi connectivity index (χ4v) is 3.29. The van der Waals surface area contributed by atoms with Gasteiger partial charge in [-0.15, -0.1) is 12.4 Å². The Morgan fingerprint density at radius 2 is 2.00 bits per heavy atom. The molecular formula is C16H26ClNO2. The molecule has 2 rings (SSSR count). The number of halogens is 1. The summed E-state index contributed by atoms with van der Waals surface area (Å²) in [5, 5.41) is 0. The maximum atomic E-state index is 5.94. The van der Waals surface area contributed by atoms with E-state index in [1.54, 1.807) is 14.2 Å². The molecule has 2 atom stereocenters. The Bertz CT molecular complexity index is 460. The van der Waals surface area contributed by atoms with E-state index in [2.05, 4.69) is 19.9 Å². The Kier molecular flexibility index (Phi) is 6.15. The van der Waals surface area contributed by atoms with Gasteiger partial charge in [-0.1, -0.05) is 0 Å². The fourth-order valence-electron chi connectivity index (χ4n) is 3.29. The molecule has 0 aliphatic heterocycles. The SMILES string of the molecule is COc1cc(C)c(OC)c2c1CC(CC(C)N)CC2.Cl. The van der Waals surface area contributed by atoms with E-state index in [1.807, 2.05) is 0 Å². The first kappa shape index (κ1) is 17.1. The molecule has 1 aliphatic carbocycles. The highest BCUT2D eigenvalue weighted by atomic mass is 35.5. The maximum Gasteiger partial charge on any atom is 0.125 e. The van der Waals surface area contributed by atoms with E-state index < -0.39 is 0 Å². The first-order valence-corrected chi connectivity index (χ1v) is 7.05. The van der Waals surface area contributed by atoms with Crippen LogP contribution in [0.15, 0.2) is 6.07 Å². The van der Waals surface area contributed by atoms with Gasteiger partial charge < -0.3 is 15.2 Å². The lowest BCUT2D eigenvalue weighted by atomic mass is 9.79. The van der Waals surface area contributed by atoms with Crippen LogP contribution >= 0.6 is 12.4 Å². The van der Waals surface area contributed by atoms with Crippen LogP contribution in [0.4, 0.5) is 0 Å². The van der Waals surface area contributed by atoms with Gasteiger partial charge in [0.25, 0.3) is 0 Å². The molecule has 0 spiro atoms. The normalized spacial score (nSPS) is 18.8. The van der Waals surface area contributed by atoms with Gasteiger partial charge in [0.2, 0.25) is 0 Å². The minimum Gasteiger partial charge on any atom is -0.496 e. The maximum absolute atomic E-state index is 5.94. The van der Waals surface area contributed by atoms with Gasteiger partial charge in [0.15, 0.2) is 0 Å². The minimum atomic E-state index is 0. The van der Waals surface area contributed by atoms with Gasteiger partial charge in [0, 0.05) is 17.2 Å². The zero-order chi connectivity index (χ0) is 14.0. The van der Waals surface area contributed by atoms with E-state index in [1.165, 1.54) is 17.5 Å². The monoisotopic (exact) mass is 299 g/mol. The summed E-state index contributed by atoms with van der Waals surface area (Å²) in [6.45, 7) is 4.16. The van der Waals surface area contributed by atoms with E-state index in [0.29, 0.717) is 5.92 Å². The summed E-state index contributed by atoms with van der Waals surface area (Å²) < 4.78 is 11.1. The van der Waals surface area contributed by atoms with Crippen molar-refractivity contribution in [2.45, 2.75) is 45.6 Å². The number of fused-ring (bicyclic) bond motifs is 1. The average molecular weight is 300 g/mol. The summed E-state index contributed by atoms with van der Waals surface area (Å²) in [5.41, 5.74) is 9.75. The van der Waals surface area contributed by atoms with Crippen molar-refractivity contribution >= 4 is 12.4 Å². The zero-order valence-corrected chi connectivity index (χ0v) is 13.7. The van der Waals surface area contributed by atoms with Gasteiger partial charge >= 0.3 is 0 Å². The van der Waals surface area contributed by atoms with Crippen molar-refractivity contribution < 1.29 is 9.47 Å². The topological polar surface area (TPSA) is 44.5 Å². The van der Waals surface area contributed by atoms with E-state index in [4.69, 9.17) is 15.2 Å². The molecule has 1 aliphatic rings. The smallest absolute Gasteiger partial charge is 0.125 e. The van der Waals surface area contributed by atoms with Crippen molar-refractivity contribution in [1.29, 1.82) is 0 Å². The van der Waals surface area contributed by atoms with Gasteiger partial charge in [-0.05, 0) is 57.1 Å². The molecular weight excluding hydrogens is 274 g/mol. The first-order valence-electron chi connectivity index (χ1n) is 7.05. The molecule has 0 amide bonds. The second-order valence-electron chi connectivity index (χ2n) is 5.71. The van der Waals surface area contributed by atoms with Crippen LogP contribution < -0.4 is 15.2 Å². The van der Waals surface area contributed by atoms with Gasteiger partial charge in [-0.2, -0.15) is 0 Å². The largest absolute Gasteiger partial charge is 0.496 e. The molecule has 0 heterocycles. The number of ether oxygens (including phenoxy) is 2. The summed E-state index contributed by atoms with van der Waals surface area (Å²) in [6, 6.07) is 2.36. The van der Waals surface area contributed by atoms with Crippen LogP contribution in [0.25, 0.3) is 0 Å². The number of methoxy groups -OCH3 is 2. The molecule has 1 aromatic rings. The molecule has 114 valence electrons. The summed E-state index contributed by atoms with van der Waals surface area (Å²) in [4.78, 5) is 0. The number of nitrogens with two attached hydrogens (primary N) is 1. The lowest BCUT2D eigenvalue weighted by Crippen LogP contribution is -2.24.